The maximum absolute atomic E-state index is 4.48. The number of benzene rings is 1. The zero-order chi connectivity index (χ0) is 12.2. The molecular weight excluding hydrogens is 222 g/mol. The van der Waals surface area contributed by atoms with E-state index in [0.717, 1.165) is 19.0 Å². The number of hydrogen-bond donors (Lipinski definition) is 1. The second kappa shape index (κ2) is 5.36. The molecule has 2 heterocycles. The van der Waals surface area contributed by atoms with Crippen LogP contribution in [0.4, 0.5) is 0 Å². The third-order valence-electron chi connectivity index (χ3n) is 3.58. The van der Waals surface area contributed by atoms with Crippen LogP contribution in [0.25, 0.3) is 11.1 Å². The molecule has 3 rings (SSSR count). The van der Waals surface area contributed by atoms with Crippen molar-refractivity contribution in [2.75, 3.05) is 13.1 Å². The quantitative estimate of drug-likeness (QED) is 0.895. The molecule has 1 aromatic carbocycles. The molecule has 1 N–H and O–H groups in total. The molecule has 1 aliphatic rings. The molecule has 94 valence electrons. The van der Waals surface area contributed by atoms with E-state index in [0.29, 0.717) is 0 Å². The Morgan fingerprint density at radius 1 is 1.22 bits per heavy atom. The van der Waals surface area contributed by atoms with Crippen LogP contribution >= 0.6 is 0 Å². The van der Waals surface area contributed by atoms with Gasteiger partial charge in [-0.25, -0.2) is 0 Å². The summed E-state index contributed by atoms with van der Waals surface area (Å²) >= 11 is 0. The van der Waals surface area contributed by atoms with Crippen molar-refractivity contribution in [2.24, 2.45) is 5.92 Å². The summed E-state index contributed by atoms with van der Waals surface area (Å²) in [7, 11) is 0. The van der Waals surface area contributed by atoms with Crippen LogP contribution in [0.3, 0.4) is 0 Å². The number of nitrogens with zero attached hydrogens (tertiary/aromatic N) is 2. The lowest BCUT2D eigenvalue weighted by atomic mass is 10.00. The molecule has 3 heteroatoms. The van der Waals surface area contributed by atoms with Gasteiger partial charge in [-0.05, 0) is 37.4 Å². The Labute approximate surface area is 108 Å². The standard InChI is InChI=1S/C15H19N3/c1-2-6-14(7-3-1)15-10-17-18(12-15)11-13-5-4-8-16-9-13/h1-3,6-7,10,12-13,16H,4-5,8-9,11H2. The smallest absolute Gasteiger partial charge is 0.0568 e. The first-order valence-corrected chi connectivity index (χ1v) is 6.70. The molecule has 0 aliphatic carbocycles. The predicted octanol–water partition coefficient (Wildman–Crippen LogP) is 2.55. The molecule has 1 aliphatic heterocycles. The first-order valence-electron chi connectivity index (χ1n) is 6.70. The van der Waals surface area contributed by atoms with Gasteiger partial charge in [0.05, 0.1) is 6.20 Å². The Hall–Kier alpha value is -1.61. The van der Waals surface area contributed by atoms with Gasteiger partial charge in [0.2, 0.25) is 0 Å². The number of hydrogen-bond acceptors (Lipinski definition) is 2. The van der Waals surface area contributed by atoms with Crippen LogP contribution in [0.1, 0.15) is 12.8 Å². The fourth-order valence-electron chi connectivity index (χ4n) is 2.59. The number of nitrogens with one attached hydrogen (secondary N) is 1. The normalized spacial score (nSPS) is 19.9. The van der Waals surface area contributed by atoms with Gasteiger partial charge in [0.15, 0.2) is 0 Å². The lowest BCUT2D eigenvalue weighted by Crippen LogP contribution is -2.32. The van der Waals surface area contributed by atoms with Crippen LogP contribution in [0.5, 0.6) is 0 Å². The molecule has 0 spiro atoms. The van der Waals surface area contributed by atoms with Gasteiger partial charge in [-0.3, -0.25) is 4.68 Å². The van der Waals surface area contributed by atoms with Crippen molar-refractivity contribution in [1.29, 1.82) is 0 Å². The second-order valence-corrected chi connectivity index (χ2v) is 5.03. The summed E-state index contributed by atoms with van der Waals surface area (Å²) in [6.07, 6.45) is 6.72. The van der Waals surface area contributed by atoms with Crippen molar-refractivity contribution in [2.45, 2.75) is 19.4 Å². The highest BCUT2D eigenvalue weighted by Gasteiger charge is 2.14. The fraction of sp³-hybridized carbons (Fsp3) is 0.400. The van der Waals surface area contributed by atoms with Crippen molar-refractivity contribution >= 4 is 0 Å². The third-order valence-corrected chi connectivity index (χ3v) is 3.58. The summed E-state index contributed by atoms with van der Waals surface area (Å²) in [5.41, 5.74) is 2.45. The third kappa shape index (κ3) is 2.62. The maximum atomic E-state index is 4.48. The Morgan fingerprint density at radius 2 is 2.11 bits per heavy atom. The monoisotopic (exact) mass is 241 g/mol. The second-order valence-electron chi connectivity index (χ2n) is 5.03. The Kier molecular flexibility index (Phi) is 3.42. The van der Waals surface area contributed by atoms with Gasteiger partial charge in [0.25, 0.3) is 0 Å². The summed E-state index contributed by atoms with van der Waals surface area (Å²) in [5, 5.41) is 7.93. The zero-order valence-electron chi connectivity index (χ0n) is 10.5. The van der Waals surface area contributed by atoms with Crippen LogP contribution < -0.4 is 5.32 Å². The number of aromatic nitrogens is 2. The Morgan fingerprint density at radius 3 is 2.89 bits per heavy atom. The average molecular weight is 241 g/mol. The molecule has 0 radical (unpaired) electrons. The SMILES string of the molecule is c1ccc(-c2cnn(CC3CCCNC3)c2)cc1. The van der Waals surface area contributed by atoms with Gasteiger partial charge in [-0.2, -0.15) is 5.10 Å². The van der Waals surface area contributed by atoms with Gasteiger partial charge in [0, 0.05) is 18.3 Å². The highest BCUT2D eigenvalue weighted by atomic mass is 15.3. The Balaban J connectivity index is 1.69. The van der Waals surface area contributed by atoms with Crippen molar-refractivity contribution in [3.8, 4) is 11.1 Å². The molecular formula is C15H19N3. The van der Waals surface area contributed by atoms with Crippen molar-refractivity contribution in [3.05, 3.63) is 42.7 Å². The molecule has 1 atom stereocenters. The average Bonchev–Trinajstić information content (AvgIpc) is 2.89. The molecule has 0 saturated carbocycles. The minimum Gasteiger partial charge on any atom is -0.316 e. The molecule has 1 saturated heterocycles. The maximum Gasteiger partial charge on any atom is 0.0568 e. The Bertz CT molecular complexity index is 483. The molecule has 1 unspecified atom stereocenters. The molecule has 18 heavy (non-hydrogen) atoms. The molecule has 1 aromatic heterocycles. The highest BCUT2D eigenvalue weighted by Crippen LogP contribution is 2.19. The summed E-state index contributed by atoms with van der Waals surface area (Å²) in [4.78, 5) is 0. The largest absolute Gasteiger partial charge is 0.316 e. The lowest BCUT2D eigenvalue weighted by molar-refractivity contribution is 0.325. The first-order chi connectivity index (χ1) is 8.92. The van der Waals surface area contributed by atoms with Gasteiger partial charge in [-0.15, -0.1) is 0 Å². The van der Waals surface area contributed by atoms with E-state index in [4.69, 9.17) is 0 Å². The molecule has 0 amide bonds. The molecule has 3 nitrogen and oxygen atoms in total. The van der Waals surface area contributed by atoms with Crippen LogP contribution in [0.2, 0.25) is 0 Å². The number of piperidine rings is 1. The van der Waals surface area contributed by atoms with E-state index in [1.54, 1.807) is 0 Å². The van der Waals surface area contributed by atoms with Crippen molar-refractivity contribution < 1.29 is 0 Å². The molecule has 0 bridgehead atoms. The van der Waals surface area contributed by atoms with E-state index in [-0.39, 0.29) is 0 Å². The van der Waals surface area contributed by atoms with Gasteiger partial charge >= 0.3 is 0 Å². The van der Waals surface area contributed by atoms with Crippen LogP contribution in [-0.2, 0) is 6.54 Å². The summed E-state index contributed by atoms with van der Waals surface area (Å²) in [6, 6.07) is 10.4. The van der Waals surface area contributed by atoms with E-state index in [2.05, 4.69) is 45.6 Å². The van der Waals surface area contributed by atoms with E-state index in [9.17, 15) is 0 Å². The summed E-state index contributed by atoms with van der Waals surface area (Å²) < 4.78 is 2.08. The molecule has 1 fully saturated rings. The van der Waals surface area contributed by atoms with E-state index in [1.165, 1.54) is 30.5 Å². The van der Waals surface area contributed by atoms with Gasteiger partial charge in [-0.1, -0.05) is 30.3 Å². The minimum absolute atomic E-state index is 0.724. The highest BCUT2D eigenvalue weighted by molar-refractivity contribution is 5.61. The first kappa shape index (κ1) is 11.5. The lowest BCUT2D eigenvalue weighted by Gasteiger charge is -2.22. The van der Waals surface area contributed by atoms with E-state index < -0.39 is 0 Å². The van der Waals surface area contributed by atoms with E-state index >= 15 is 0 Å². The van der Waals surface area contributed by atoms with Crippen LogP contribution in [0.15, 0.2) is 42.7 Å². The minimum atomic E-state index is 0.724. The van der Waals surface area contributed by atoms with Crippen LogP contribution in [0, 0.1) is 5.92 Å². The van der Waals surface area contributed by atoms with Crippen LogP contribution in [-0.4, -0.2) is 22.9 Å². The van der Waals surface area contributed by atoms with Gasteiger partial charge in [0.1, 0.15) is 0 Å². The topological polar surface area (TPSA) is 29.9 Å². The zero-order valence-corrected chi connectivity index (χ0v) is 10.5. The summed E-state index contributed by atoms with van der Waals surface area (Å²) in [5.74, 6) is 0.724. The summed E-state index contributed by atoms with van der Waals surface area (Å²) in [6.45, 7) is 3.32. The van der Waals surface area contributed by atoms with Gasteiger partial charge < -0.3 is 5.32 Å². The van der Waals surface area contributed by atoms with E-state index in [1.807, 2.05) is 12.3 Å². The molecule has 2 aromatic rings. The van der Waals surface area contributed by atoms with Crippen molar-refractivity contribution in [1.82, 2.24) is 15.1 Å². The number of rotatable bonds is 3. The van der Waals surface area contributed by atoms with Crippen molar-refractivity contribution in [3.63, 3.8) is 0 Å². The fourth-order valence-corrected chi connectivity index (χ4v) is 2.59. The predicted molar refractivity (Wildman–Crippen MR) is 73.3 cm³/mol.